The predicted molar refractivity (Wildman–Crippen MR) is 53.0 cm³/mol. The summed E-state index contributed by atoms with van der Waals surface area (Å²) in [7, 11) is 0. The lowest BCUT2D eigenvalue weighted by Gasteiger charge is -1.99. The number of hydrogen-bond donors (Lipinski definition) is 0. The summed E-state index contributed by atoms with van der Waals surface area (Å²) in [6.07, 6.45) is 3.50. The van der Waals surface area contributed by atoms with Gasteiger partial charge >= 0.3 is 0 Å². The first-order valence-corrected chi connectivity index (χ1v) is 4.38. The lowest BCUT2D eigenvalue weighted by atomic mass is 10.1. The second-order valence-corrected chi connectivity index (χ2v) is 3.22. The van der Waals surface area contributed by atoms with Gasteiger partial charge in [-0.25, -0.2) is 0 Å². The smallest absolute Gasteiger partial charge is 0.0184 e. The van der Waals surface area contributed by atoms with Crippen LogP contribution in [0.5, 0.6) is 0 Å². The Hall–Kier alpha value is -1.04. The monoisotopic (exact) mass is 159 g/mol. The van der Waals surface area contributed by atoms with Gasteiger partial charge in [0, 0.05) is 0 Å². The maximum atomic E-state index is 3.88. The third kappa shape index (κ3) is 3.38. The minimum atomic E-state index is 1.14. The van der Waals surface area contributed by atoms with E-state index in [9.17, 15) is 0 Å². The lowest BCUT2D eigenvalue weighted by molar-refractivity contribution is 0.814. The van der Waals surface area contributed by atoms with Crippen LogP contribution in [0, 0.1) is 6.07 Å². The number of benzene rings is 1. The molecule has 1 aromatic carbocycles. The molecular weight excluding hydrogens is 144 g/mol. The summed E-state index contributed by atoms with van der Waals surface area (Å²) in [5, 5.41) is 0. The van der Waals surface area contributed by atoms with E-state index >= 15 is 0 Å². The van der Waals surface area contributed by atoms with E-state index in [2.05, 4.69) is 31.7 Å². The van der Waals surface area contributed by atoms with Crippen molar-refractivity contribution in [3.8, 4) is 0 Å². The fraction of sp³-hybridized carbons (Fsp3) is 0.333. The molecule has 1 rings (SSSR count). The molecule has 0 spiro atoms. The van der Waals surface area contributed by atoms with Crippen LogP contribution in [0.4, 0.5) is 0 Å². The Morgan fingerprint density at radius 3 is 2.67 bits per heavy atom. The Labute approximate surface area is 74.9 Å². The van der Waals surface area contributed by atoms with Crippen LogP contribution in [0.15, 0.2) is 36.4 Å². The molecule has 0 aromatic heterocycles. The summed E-state index contributed by atoms with van der Waals surface area (Å²) in [4.78, 5) is 0. The van der Waals surface area contributed by atoms with Gasteiger partial charge in [-0.05, 0) is 37.8 Å². The van der Waals surface area contributed by atoms with E-state index in [-0.39, 0.29) is 0 Å². The first-order valence-electron chi connectivity index (χ1n) is 4.38. The molecule has 0 bridgehead atoms. The molecule has 0 aliphatic carbocycles. The quantitative estimate of drug-likeness (QED) is 0.591. The largest absolute Gasteiger partial charge is 0.100 e. The fourth-order valence-electron chi connectivity index (χ4n) is 1.18. The number of allylic oxidation sites excluding steroid dienone is 1. The Bertz CT molecular complexity index is 233. The van der Waals surface area contributed by atoms with Gasteiger partial charge in [-0.1, -0.05) is 29.8 Å². The maximum Gasteiger partial charge on any atom is -0.0184 e. The van der Waals surface area contributed by atoms with Gasteiger partial charge in [0.15, 0.2) is 0 Å². The Kier molecular flexibility index (Phi) is 3.59. The van der Waals surface area contributed by atoms with Crippen LogP contribution < -0.4 is 0 Å². The van der Waals surface area contributed by atoms with Crippen LogP contribution in [0.2, 0.25) is 0 Å². The highest BCUT2D eigenvalue weighted by molar-refractivity contribution is 5.13. The second kappa shape index (κ2) is 4.76. The highest BCUT2D eigenvalue weighted by atomic mass is 14.0. The van der Waals surface area contributed by atoms with Gasteiger partial charge in [0.05, 0.1) is 0 Å². The van der Waals surface area contributed by atoms with E-state index in [1.54, 1.807) is 0 Å². The third-order valence-corrected chi connectivity index (χ3v) is 1.86. The molecule has 0 saturated heterocycles. The Morgan fingerprint density at radius 1 is 1.42 bits per heavy atom. The molecule has 0 heterocycles. The average Bonchev–Trinajstić information content (AvgIpc) is 2.05. The van der Waals surface area contributed by atoms with Crippen molar-refractivity contribution in [1.29, 1.82) is 0 Å². The number of rotatable bonds is 4. The maximum absolute atomic E-state index is 3.88. The van der Waals surface area contributed by atoms with Crippen LogP contribution in [0.1, 0.15) is 25.3 Å². The summed E-state index contributed by atoms with van der Waals surface area (Å²) in [6.45, 7) is 5.96. The molecule has 0 aliphatic heterocycles. The number of hydrogen-bond acceptors (Lipinski definition) is 0. The van der Waals surface area contributed by atoms with Crippen LogP contribution in [-0.2, 0) is 6.42 Å². The van der Waals surface area contributed by atoms with Crippen molar-refractivity contribution < 1.29 is 0 Å². The van der Waals surface area contributed by atoms with E-state index in [0.29, 0.717) is 0 Å². The Balaban J connectivity index is 2.29. The molecule has 0 unspecified atom stereocenters. The van der Waals surface area contributed by atoms with E-state index in [0.717, 1.165) is 12.8 Å². The van der Waals surface area contributed by atoms with Crippen LogP contribution in [0.25, 0.3) is 0 Å². The topological polar surface area (TPSA) is 0 Å². The molecular formula is C12H15. The second-order valence-electron chi connectivity index (χ2n) is 3.22. The highest BCUT2D eigenvalue weighted by Crippen LogP contribution is 2.07. The predicted octanol–water partition coefficient (Wildman–Crippen LogP) is 3.39. The van der Waals surface area contributed by atoms with Crippen molar-refractivity contribution in [2.24, 2.45) is 0 Å². The van der Waals surface area contributed by atoms with Crippen molar-refractivity contribution in [3.63, 3.8) is 0 Å². The van der Waals surface area contributed by atoms with Gasteiger partial charge in [-0.3, -0.25) is 0 Å². The zero-order valence-electron chi connectivity index (χ0n) is 7.64. The van der Waals surface area contributed by atoms with Gasteiger partial charge in [-0.2, -0.15) is 0 Å². The minimum Gasteiger partial charge on any atom is -0.100 e. The van der Waals surface area contributed by atoms with Crippen molar-refractivity contribution in [1.82, 2.24) is 0 Å². The standard InChI is InChI=1S/C12H15/c1-11(2)7-6-10-12-8-4-3-5-9-12/h4-5,8-9H,1,6-7,10H2,2H3. The van der Waals surface area contributed by atoms with Crippen molar-refractivity contribution >= 4 is 0 Å². The van der Waals surface area contributed by atoms with E-state index in [1.807, 2.05) is 12.1 Å². The third-order valence-electron chi connectivity index (χ3n) is 1.86. The SMILES string of the molecule is C=C(C)CCCc1cc[c]cc1. The van der Waals surface area contributed by atoms with E-state index in [1.165, 1.54) is 17.6 Å². The molecule has 63 valence electrons. The Morgan fingerprint density at radius 2 is 2.08 bits per heavy atom. The van der Waals surface area contributed by atoms with Gasteiger partial charge < -0.3 is 0 Å². The average molecular weight is 159 g/mol. The molecule has 1 aromatic rings. The number of aryl methyl sites for hydroxylation is 1. The molecule has 0 nitrogen and oxygen atoms in total. The molecule has 12 heavy (non-hydrogen) atoms. The summed E-state index contributed by atoms with van der Waals surface area (Å²) >= 11 is 0. The van der Waals surface area contributed by atoms with Gasteiger partial charge in [-0.15, -0.1) is 6.58 Å². The summed E-state index contributed by atoms with van der Waals surface area (Å²) in [6, 6.07) is 11.2. The molecule has 1 radical (unpaired) electrons. The zero-order valence-corrected chi connectivity index (χ0v) is 7.64. The molecule has 0 N–H and O–H groups in total. The first-order chi connectivity index (χ1) is 5.79. The van der Waals surface area contributed by atoms with Crippen LogP contribution in [-0.4, -0.2) is 0 Å². The van der Waals surface area contributed by atoms with Gasteiger partial charge in [0.1, 0.15) is 0 Å². The highest BCUT2D eigenvalue weighted by Gasteiger charge is 1.91. The molecule has 0 atom stereocenters. The van der Waals surface area contributed by atoms with E-state index in [4.69, 9.17) is 0 Å². The normalized spacial score (nSPS) is 9.75. The zero-order chi connectivity index (χ0) is 8.81. The first kappa shape index (κ1) is 9.05. The van der Waals surface area contributed by atoms with Crippen LogP contribution in [0.3, 0.4) is 0 Å². The van der Waals surface area contributed by atoms with Crippen molar-refractivity contribution in [2.75, 3.05) is 0 Å². The lowest BCUT2D eigenvalue weighted by Crippen LogP contribution is -1.84. The minimum absolute atomic E-state index is 1.14. The molecule has 0 aliphatic rings. The summed E-state index contributed by atoms with van der Waals surface area (Å²) in [5.74, 6) is 0. The van der Waals surface area contributed by atoms with Gasteiger partial charge in [0.25, 0.3) is 0 Å². The summed E-state index contributed by atoms with van der Waals surface area (Å²) in [5.41, 5.74) is 2.67. The molecule has 0 heteroatoms. The fourth-order valence-corrected chi connectivity index (χ4v) is 1.18. The van der Waals surface area contributed by atoms with Crippen LogP contribution >= 0.6 is 0 Å². The molecule has 0 amide bonds. The summed E-state index contributed by atoms with van der Waals surface area (Å²) < 4.78 is 0. The van der Waals surface area contributed by atoms with Gasteiger partial charge in [0.2, 0.25) is 0 Å². The van der Waals surface area contributed by atoms with Crippen molar-refractivity contribution in [2.45, 2.75) is 26.2 Å². The molecule has 0 fully saturated rings. The molecule has 0 saturated carbocycles. The van der Waals surface area contributed by atoms with Crippen molar-refractivity contribution in [3.05, 3.63) is 48.0 Å². The van der Waals surface area contributed by atoms with E-state index < -0.39 is 0 Å².